The first-order chi connectivity index (χ1) is 7.66. The fourth-order valence-corrected chi connectivity index (χ4v) is 2.98. The summed E-state index contributed by atoms with van der Waals surface area (Å²) in [4.78, 5) is 8.62. The molecule has 2 unspecified atom stereocenters. The Kier molecular flexibility index (Phi) is 2.23. The fraction of sp³-hybridized carbons (Fsp3) is 0.667. The molecule has 1 aromatic rings. The van der Waals surface area contributed by atoms with E-state index in [-0.39, 0.29) is 0 Å². The quantitative estimate of drug-likeness (QED) is 0.736. The Morgan fingerprint density at radius 3 is 2.69 bits per heavy atom. The Labute approximate surface area is 95.1 Å². The molecule has 2 saturated heterocycles. The summed E-state index contributed by atoms with van der Waals surface area (Å²) in [5, 5.41) is 14.2. The van der Waals surface area contributed by atoms with Crippen molar-refractivity contribution in [3.8, 4) is 0 Å². The van der Waals surface area contributed by atoms with Gasteiger partial charge in [-0.25, -0.2) is 9.97 Å². The third kappa shape index (κ3) is 1.62. The van der Waals surface area contributed by atoms with Crippen molar-refractivity contribution in [2.24, 2.45) is 0 Å². The van der Waals surface area contributed by atoms with Gasteiger partial charge in [0.2, 0.25) is 0 Å². The van der Waals surface area contributed by atoms with Crippen LogP contribution < -0.4 is 5.32 Å². The Bertz CT molecular complexity index is 395. The number of hydrogen-bond donors (Lipinski definition) is 2. The average molecular weight is 219 g/mol. The number of rotatable bonds is 1. The van der Waals surface area contributed by atoms with Gasteiger partial charge in [0.25, 0.3) is 0 Å². The molecule has 0 aromatic carbocycles. The van der Waals surface area contributed by atoms with Crippen molar-refractivity contribution in [2.75, 3.05) is 0 Å². The molecule has 2 aliphatic heterocycles. The van der Waals surface area contributed by atoms with E-state index >= 15 is 0 Å². The SMILES string of the molecule is Cc1ccnc(C2(O)CC3CCC(C2)N3)n1. The maximum atomic E-state index is 10.7. The van der Waals surface area contributed by atoms with Crippen LogP contribution in [0, 0.1) is 6.92 Å². The molecule has 2 atom stereocenters. The van der Waals surface area contributed by atoms with E-state index in [1.54, 1.807) is 6.20 Å². The van der Waals surface area contributed by atoms with E-state index in [0.29, 0.717) is 17.9 Å². The second-order valence-corrected chi connectivity index (χ2v) is 5.10. The van der Waals surface area contributed by atoms with Crippen molar-refractivity contribution in [1.29, 1.82) is 0 Å². The van der Waals surface area contributed by atoms with Crippen LogP contribution in [-0.4, -0.2) is 27.2 Å². The van der Waals surface area contributed by atoms with Crippen molar-refractivity contribution in [2.45, 2.75) is 50.3 Å². The molecule has 0 spiro atoms. The predicted octanol–water partition coefficient (Wildman–Crippen LogP) is 0.887. The van der Waals surface area contributed by atoms with E-state index in [1.807, 2.05) is 13.0 Å². The molecule has 2 N–H and O–H groups in total. The maximum Gasteiger partial charge on any atom is 0.160 e. The Morgan fingerprint density at radius 2 is 2.06 bits per heavy atom. The molecule has 2 fully saturated rings. The Morgan fingerprint density at radius 1 is 1.38 bits per heavy atom. The maximum absolute atomic E-state index is 10.7. The smallest absolute Gasteiger partial charge is 0.160 e. The summed E-state index contributed by atoms with van der Waals surface area (Å²) in [6, 6.07) is 2.74. The molecule has 0 saturated carbocycles. The Hall–Kier alpha value is -1.00. The first-order valence-corrected chi connectivity index (χ1v) is 5.94. The van der Waals surface area contributed by atoms with Crippen LogP contribution in [0.2, 0.25) is 0 Å². The summed E-state index contributed by atoms with van der Waals surface area (Å²) < 4.78 is 0. The number of fused-ring (bicyclic) bond motifs is 2. The van der Waals surface area contributed by atoms with Crippen molar-refractivity contribution in [3.63, 3.8) is 0 Å². The van der Waals surface area contributed by atoms with Crippen LogP contribution in [0.1, 0.15) is 37.2 Å². The molecule has 2 bridgehead atoms. The van der Waals surface area contributed by atoms with Gasteiger partial charge in [-0.15, -0.1) is 0 Å². The molecule has 3 rings (SSSR count). The highest BCUT2D eigenvalue weighted by molar-refractivity contribution is 5.12. The van der Waals surface area contributed by atoms with Gasteiger partial charge in [-0.3, -0.25) is 0 Å². The van der Waals surface area contributed by atoms with Crippen LogP contribution in [0.3, 0.4) is 0 Å². The van der Waals surface area contributed by atoms with Crippen LogP contribution in [0.25, 0.3) is 0 Å². The molecule has 3 heterocycles. The standard InChI is InChI=1S/C12H17N3O/c1-8-4-5-13-11(14-8)12(16)6-9-2-3-10(7-12)15-9/h4-5,9-10,15-16H,2-3,6-7H2,1H3. The highest BCUT2D eigenvalue weighted by atomic mass is 16.3. The molecule has 0 radical (unpaired) electrons. The molecule has 86 valence electrons. The summed E-state index contributed by atoms with van der Waals surface area (Å²) in [6.45, 7) is 1.93. The lowest BCUT2D eigenvalue weighted by atomic mass is 9.86. The highest BCUT2D eigenvalue weighted by Gasteiger charge is 2.45. The average Bonchev–Trinajstić information content (AvgIpc) is 2.59. The third-order valence-corrected chi connectivity index (χ3v) is 3.71. The zero-order valence-corrected chi connectivity index (χ0v) is 9.48. The van der Waals surface area contributed by atoms with Gasteiger partial charge in [-0.1, -0.05) is 0 Å². The molecule has 0 amide bonds. The van der Waals surface area contributed by atoms with Crippen LogP contribution in [0.4, 0.5) is 0 Å². The summed E-state index contributed by atoms with van der Waals surface area (Å²) in [5.74, 6) is 0.603. The topological polar surface area (TPSA) is 58.0 Å². The number of piperidine rings is 1. The van der Waals surface area contributed by atoms with Gasteiger partial charge in [-0.2, -0.15) is 0 Å². The second kappa shape index (κ2) is 3.50. The molecular formula is C12H17N3O. The third-order valence-electron chi connectivity index (χ3n) is 3.71. The molecule has 1 aromatic heterocycles. The van der Waals surface area contributed by atoms with Gasteiger partial charge in [0.15, 0.2) is 5.82 Å². The first kappa shape index (κ1) is 10.2. The molecule has 16 heavy (non-hydrogen) atoms. The number of aromatic nitrogens is 2. The zero-order valence-electron chi connectivity index (χ0n) is 9.48. The van der Waals surface area contributed by atoms with Crippen LogP contribution in [0.5, 0.6) is 0 Å². The van der Waals surface area contributed by atoms with E-state index in [2.05, 4.69) is 15.3 Å². The summed E-state index contributed by atoms with van der Waals surface area (Å²) in [6.07, 6.45) is 5.55. The number of aliphatic hydroxyl groups is 1. The van der Waals surface area contributed by atoms with Crippen LogP contribution >= 0.6 is 0 Å². The van der Waals surface area contributed by atoms with Crippen LogP contribution in [-0.2, 0) is 5.60 Å². The van der Waals surface area contributed by atoms with Gasteiger partial charge in [-0.05, 0) is 38.7 Å². The number of nitrogens with zero attached hydrogens (tertiary/aromatic N) is 2. The summed E-state index contributed by atoms with van der Waals surface area (Å²) >= 11 is 0. The Balaban J connectivity index is 1.93. The van der Waals surface area contributed by atoms with Gasteiger partial charge < -0.3 is 10.4 Å². The fourth-order valence-electron chi connectivity index (χ4n) is 2.98. The molecule has 2 aliphatic rings. The van der Waals surface area contributed by atoms with Crippen molar-refractivity contribution in [1.82, 2.24) is 15.3 Å². The molecule has 4 heteroatoms. The van der Waals surface area contributed by atoms with Crippen molar-refractivity contribution >= 4 is 0 Å². The van der Waals surface area contributed by atoms with E-state index in [0.717, 1.165) is 18.5 Å². The van der Waals surface area contributed by atoms with E-state index in [9.17, 15) is 5.11 Å². The van der Waals surface area contributed by atoms with Crippen molar-refractivity contribution in [3.05, 3.63) is 23.8 Å². The molecule has 4 nitrogen and oxygen atoms in total. The predicted molar refractivity (Wildman–Crippen MR) is 59.8 cm³/mol. The van der Waals surface area contributed by atoms with Crippen LogP contribution in [0.15, 0.2) is 12.3 Å². The van der Waals surface area contributed by atoms with Gasteiger partial charge in [0.05, 0.1) is 0 Å². The minimum absolute atomic E-state index is 0.438. The normalized spacial score (nSPS) is 37.6. The first-order valence-electron chi connectivity index (χ1n) is 5.94. The lowest BCUT2D eigenvalue weighted by Crippen LogP contribution is -2.47. The minimum atomic E-state index is -0.816. The van der Waals surface area contributed by atoms with E-state index < -0.39 is 5.60 Å². The van der Waals surface area contributed by atoms with Gasteiger partial charge in [0.1, 0.15) is 5.60 Å². The summed E-state index contributed by atoms with van der Waals surface area (Å²) in [5.41, 5.74) is 0.104. The van der Waals surface area contributed by atoms with E-state index in [1.165, 1.54) is 12.8 Å². The number of aryl methyl sites for hydroxylation is 1. The lowest BCUT2D eigenvalue weighted by molar-refractivity contribution is -0.0195. The summed E-state index contributed by atoms with van der Waals surface area (Å²) in [7, 11) is 0. The lowest BCUT2D eigenvalue weighted by Gasteiger charge is -2.35. The largest absolute Gasteiger partial charge is 0.382 e. The van der Waals surface area contributed by atoms with Gasteiger partial charge >= 0.3 is 0 Å². The minimum Gasteiger partial charge on any atom is -0.382 e. The highest BCUT2D eigenvalue weighted by Crippen LogP contribution is 2.39. The zero-order chi connectivity index (χ0) is 11.2. The molecule has 0 aliphatic carbocycles. The second-order valence-electron chi connectivity index (χ2n) is 5.10. The van der Waals surface area contributed by atoms with Gasteiger partial charge in [0, 0.05) is 24.0 Å². The van der Waals surface area contributed by atoms with Crippen molar-refractivity contribution < 1.29 is 5.11 Å². The monoisotopic (exact) mass is 219 g/mol. The number of nitrogens with one attached hydrogen (secondary N) is 1. The number of hydrogen-bond acceptors (Lipinski definition) is 4. The molecular weight excluding hydrogens is 202 g/mol. The van der Waals surface area contributed by atoms with E-state index in [4.69, 9.17) is 0 Å².